The normalized spacial score (nSPS) is 18.0. The number of alkyl halides is 3. The Hall–Kier alpha value is -4.23. The van der Waals surface area contributed by atoms with Gasteiger partial charge in [-0.05, 0) is 6.07 Å². The summed E-state index contributed by atoms with van der Waals surface area (Å²) in [5.74, 6) is -2.52. The van der Waals surface area contributed by atoms with E-state index >= 15 is 0 Å². The Morgan fingerprint density at radius 1 is 1.13 bits per heavy atom. The fourth-order valence-corrected chi connectivity index (χ4v) is 4.04. The first-order valence-corrected chi connectivity index (χ1v) is 11.5. The van der Waals surface area contributed by atoms with Gasteiger partial charge in [0.15, 0.2) is 0 Å². The number of rotatable bonds is 7. The third-order valence-corrected chi connectivity index (χ3v) is 6.14. The lowest BCUT2D eigenvalue weighted by Gasteiger charge is -2.31. The molecule has 0 bridgehead atoms. The van der Waals surface area contributed by atoms with Crippen molar-refractivity contribution in [2.24, 2.45) is 5.92 Å². The number of aliphatic carboxylic acids is 1. The van der Waals surface area contributed by atoms with E-state index in [-0.39, 0.29) is 24.5 Å². The molecule has 5 rings (SSSR count). The lowest BCUT2D eigenvalue weighted by molar-refractivity contribution is -0.141. The summed E-state index contributed by atoms with van der Waals surface area (Å²) < 4.78 is 57.8. The number of carboxylic acid groups (broad SMARTS) is 1. The number of nitrogens with one attached hydrogen (secondary N) is 1. The number of benzene rings is 2. The highest BCUT2D eigenvalue weighted by molar-refractivity contribution is 5.71. The molecule has 0 amide bonds. The predicted molar refractivity (Wildman–Crippen MR) is 125 cm³/mol. The van der Waals surface area contributed by atoms with Gasteiger partial charge in [0.25, 0.3) is 5.89 Å². The minimum Gasteiger partial charge on any atom is -0.491 e. The van der Waals surface area contributed by atoms with E-state index < -0.39 is 53.1 Å². The summed E-state index contributed by atoms with van der Waals surface area (Å²) >= 11 is 0. The number of carbonyl (C=O) groups is 1. The maximum atomic E-state index is 14.0. The second-order valence-electron chi connectivity index (χ2n) is 8.78. The molecule has 0 aliphatic carbocycles. The minimum atomic E-state index is -4.81. The topological polar surface area (TPSA) is 144 Å². The summed E-state index contributed by atoms with van der Waals surface area (Å²) in [4.78, 5) is 15.1. The number of aliphatic hydroxyl groups is 1. The highest BCUT2D eigenvalue weighted by atomic mass is 19.4. The van der Waals surface area contributed by atoms with Gasteiger partial charge in [0, 0.05) is 23.2 Å². The third kappa shape index (κ3) is 4.85. The average molecular weight is 530 g/mol. The van der Waals surface area contributed by atoms with Crippen molar-refractivity contribution in [3.63, 3.8) is 0 Å². The van der Waals surface area contributed by atoms with Gasteiger partial charge >= 0.3 is 12.1 Å². The molecule has 3 N–H and O–H groups in total. The molecule has 1 aliphatic heterocycles. The smallest absolute Gasteiger partial charge is 0.422 e. The van der Waals surface area contributed by atoms with Crippen molar-refractivity contribution in [2.75, 3.05) is 13.2 Å². The highest BCUT2D eigenvalue weighted by Crippen LogP contribution is 2.43. The number of ether oxygens (including phenoxy) is 1. The number of nitrogens with zero attached hydrogens (tertiary/aromatic N) is 3. The van der Waals surface area contributed by atoms with Crippen molar-refractivity contribution in [1.82, 2.24) is 20.6 Å². The molecule has 13 heteroatoms. The molecular weight excluding hydrogens is 509 g/mol. The zero-order chi connectivity index (χ0) is 27.0. The summed E-state index contributed by atoms with van der Waals surface area (Å²) in [5.41, 5.74) is -0.499. The van der Waals surface area contributed by atoms with Gasteiger partial charge in [-0.15, -0.1) is 0 Å². The molecule has 0 spiro atoms. The summed E-state index contributed by atoms with van der Waals surface area (Å²) in [7, 11) is 0. The molecule has 4 aromatic rings. The van der Waals surface area contributed by atoms with Crippen molar-refractivity contribution in [1.29, 1.82) is 0 Å². The van der Waals surface area contributed by atoms with Crippen LogP contribution in [0.25, 0.3) is 34.3 Å². The van der Waals surface area contributed by atoms with Crippen LogP contribution in [0.1, 0.15) is 24.2 Å². The van der Waals surface area contributed by atoms with E-state index in [0.29, 0.717) is 16.9 Å². The van der Waals surface area contributed by atoms with E-state index in [1.54, 1.807) is 37.3 Å². The molecule has 0 fully saturated rings. The average Bonchev–Trinajstić information content (AvgIpc) is 3.56. The first-order chi connectivity index (χ1) is 18.1. The Morgan fingerprint density at radius 2 is 1.89 bits per heavy atom. The lowest BCUT2D eigenvalue weighted by Crippen LogP contribution is -2.45. The van der Waals surface area contributed by atoms with Gasteiger partial charge in [-0.2, -0.15) is 18.2 Å². The Kier molecular flexibility index (Phi) is 6.63. The molecule has 2 aromatic heterocycles. The lowest BCUT2D eigenvalue weighted by atomic mass is 9.97. The maximum absolute atomic E-state index is 14.0. The molecule has 0 saturated carbocycles. The van der Waals surface area contributed by atoms with Crippen LogP contribution in [0.4, 0.5) is 13.2 Å². The molecule has 3 unspecified atom stereocenters. The zero-order valence-corrected chi connectivity index (χ0v) is 19.8. The highest BCUT2D eigenvalue weighted by Gasteiger charge is 2.43. The van der Waals surface area contributed by atoms with Gasteiger partial charge in [-0.1, -0.05) is 59.7 Å². The predicted octanol–water partition coefficient (Wildman–Crippen LogP) is 4.18. The number of fused-ring (bicyclic) bond motifs is 1. The van der Waals surface area contributed by atoms with Gasteiger partial charge in [0.2, 0.25) is 11.6 Å². The molecule has 10 nitrogen and oxygen atoms in total. The van der Waals surface area contributed by atoms with E-state index in [9.17, 15) is 23.1 Å². The monoisotopic (exact) mass is 530 g/mol. The molecule has 3 heterocycles. The molecule has 38 heavy (non-hydrogen) atoms. The minimum absolute atomic E-state index is 0.0257. The van der Waals surface area contributed by atoms with E-state index in [2.05, 4.69) is 20.6 Å². The fourth-order valence-electron chi connectivity index (χ4n) is 4.04. The Bertz CT molecular complexity index is 1450. The quantitative estimate of drug-likeness (QED) is 0.318. The van der Waals surface area contributed by atoms with Gasteiger partial charge in [-0.3, -0.25) is 4.79 Å². The molecule has 2 aromatic carbocycles. The van der Waals surface area contributed by atoms with Crippen LogP contribution in [-0.2, 0) is 11.0 Å². The number of carboxylic acids is 1. The van der Waals surface area contributed by atoms with E-state index in [1.165, 1.54) is 18.2 Å². The second kappa shape index (κ2) is 9.91. The molecule has 3 atom stereocenters. The number of aliphatic hydroxyl groups excluding tert-OH is 1. The van der Waals surface area contributed by atoms with Crippen molar-refractivity contribution >= 4 is 5.97 Å². The van der Waals surface area contributed by atoms with E-state index in [1.807, 2.05) is 0 Å². The molecule has 1 aliphatic rings. The standard InChI is InChI=1S/C25H21F3N4O6/c1-12(24(34)35)10-29-16-11-36-17-9-14(7-8-15(17)20(16)33)22-30-23(38-32-22)21-18(25(26,27)28)19(31-37-21)13-5-3-2-4-6-13/h2-9,12,16,20,29,33H,10-11H2,1H3,(H,34,35). The van der Waals surface area contributed by atoms with Crippen LogP contribution < -0.4 is 10.1 Å². The Labute approximate surface area is 213 Å². The molecular formula is C25H21F3N4O6. The molecule has 198 valence electrons. The van der Waals surface area contributed by atoms with Crippen LogP contribution in [0, 0.1) is 5.92 Å². The second-order valence-corrected chi connectivity index (χ2v) is 8.78. The number of hydrogen-bond acceptors (Lipinski definition) is 9. The molecule has 0 radical (unpaired) electrons. The maximum Gasteiger partial charge on any atom is 0.422 e. The van der Waals surface area contributed by atoms with Crippen molar-refractivity contribution in [2.45, 2.75) is 25.2 Å². The van der Waals surface area contributed by atoms with Gasteiger partial charge in [0.05, 0.1) is 12.0 Å². The SMILES string of the molecule is CC(CNC1COc2cc(-c3noc(-c4onc(-c5ccccc5)c4C(F)(F)F)n3)ccc2C1O)C(=O)O. The van der Waals surface area contributed by atoms with Crippen molar-refractivity contribution < 1.29 is 42.0 Å². The van der Waals surface area contributed by atoms with Gasteiger partial charge in [0.1, 0.15) is 29.7 Å². The Balaban J connectivity index is 1.40. The van der Waals surface area contributed by atoms with Crippen LogP contribution >= 0.6 is 0 Å². The van der Waals surface area contributed by atoms with E-state index in [4.69, 9.17) is 18.9 Å². The Morgan fingerprint density at radius 3 is 2.61 bits per heavy atom. The first kappa shape index (κ1) is 25.4. The van der Waals surface area contributed by atoms with Crippen molar-refractivity contribution in [3.8, 4) is 40.0 Å². The van der Waals surface area contributed by atoms with Crippen LogP contribution in [0.3, 0.4) is 0 Å². The zero-order valence-electron chi connectivity index (χ0n) is 19.8. The summed E-state index contributed by atoms with van der Waals surface area (Å²) in [6, 6.07) is 11.9. The van der Waals surface area contributed by atoms with Crippen LogP contribution in [0.5, 0.6) is 5.75 Å². The third-order valence-electron chi connectivity index (χ3n) is 6.14. The summed E-state index contributed by atoms with van der Waals surface area (Å²) in [6.45, 7) is 1.76. The molecule has 0 saturated heterocycles. The number of hydrogen-bond donors (Lipinski definition) is 3. The number of halogens is 3. The summed E-state index contributed by atoms with van der Waals surface area (Å²) in [5, 5.41) is 30.2. The fraction of sp³-hybridized carbons (Fsp3) is 0.280. The van der Waals surface area contributed by atoms with Crippen LogP contribution in [-0.4, -0.2) is 50.7 Å². The van der Waals surface area contributed by atoms with Crippen LogP contribution in [0.2, 0.25) is 0 Å². The first-order valence-electron chi connectivity index (χ1n) is 11.5. The van der Waals surface area contributed by atoms with Gasteiger partial charge < -0.3 is 29.3 Å². The summed E-state index contributed by atoms with van der Waals surface area (Å²) in [6.07, 6.45) is -5.79. The van der Waals surface area contributed by atoms with E-state index in [0.717, 1.165) is 0 Å². The van der Waals surface area contributed by atoms with Crippen LogP contribution in [0.15, 0.2) is 57.6 Å². The van der Waals surface area contributed by atoms with Gasteiger partial charge in [-0.25, -0.2) is 0 Å². The largest absolute Gasteiger partial charge is 0.491 e. The number of aromatic nitrogens is 3. The van der Waals surface area contributed by atoms with Crippen molar-refractivity contribution in [3.05, 3.63) is 59.7 Å².